The first kappa shape index (κ1) is 22.6. The van der Waals surface area contributed by atoms with Crippen molar-refractivity contribution in [1.29, 1.82) is 0 Å². The monoisotopic (exact) mass is 501 g/mol. The minimum absolute atomic E-state index is 0. The maximum atomic E-state index is 12.1. The number of nitrogens with one attached hydrogen (secondary N) is 2. The van der Waals surface area contributed by atoms with Gasteiger partial charge in [-0.2, -0.15) is 0 Å². The highest BCUT2D eigenvalue weighted by molar-refractivity contribution is 14.0. The van der Waals surface area contributed by atoms with Crippen molar-refractivity contribution in [3.05, 3.63) is 17.0 Å². The number of guanidine groups is 1. The fourth-order valence-corrected chi connectivity index (χ4v) is 5.14. The first-order chi connectivity index (χ1) is 11.4. The van der Waals surface area contributed by atoms with E-state index in [9.17, 15) is 8.42 Å². The molecule has 1 aromatic heterocycles. The Labute approximate surface area is 171 Å². The number of nitrogens with two attached hydrogens (primary N) is 1. The van der Waals surface area contributed by atoms with Crippen LogP contribution in [0.3, 0.4) is 0 Å². The van der Waals surface area contributed by atoms with Gasteiger partial charge in [0.2, 0.25) is 10.0 Å². The Balaban J connectivity index is 0.00000312. The van der Waals surface area contributed by atoms with Crippen LogP contribution in [0.15, 0.2) is 21.3 Å². The Kier molecular flexibility index (Phi) is 9.64. The van der Waals surface area contributed by atoms with E-state index in [1.165, 1.54) is 17.8 Å². The van der Waals surface area contributed by atoms with E-state index in [1.807, 2.05) is 6.92 Å². The predicted octanol–water partition coefficient (Wildman–Crippen LogP) is 1.34. The molecule has 1 aliphatic heterocycles. The van der Waals surface area contributed by atoms with Crippen LogP contribution in [0.1, 0.15) is 24.6 Å². The number of halogens is 1. The second kappa shape index (κ2) is 10.7. The molecule has 0 radical (unpaired) electrons. The van der Waals surface area contributed by atoms with Crippen LogP contribution in [0.4, 0.5) is 0 Å². The fourth-order valence-electron chi connectivity index (χ4n) is 2.78. The van der Waals surface area contributed by atoms with Crippen molar-refractivity contribution in [3.8, 4) is 0 Å². The Morgan fingerprint density at radius 3 is 2.84 bits per heavy atom. The standard InChI is InChI=1S/C15H27N5O2S2.HI/c1-3-20-10-4-5-13(20)11-18-15(16)17-8-9-19-24(21,22)14-7-6-12(2)23-14;/h6-7,13,19H,3-5,8-11H2,1-2H3,(H3,16,17,18);1H. The molecule has 0 saturated carbocycles. The van der Waals surface area contributed by atoms with Gasteiger partial charge in [0.15, 0.2) is 5.96 Å². The number of sulfonamides is 1. The van der Waals surface area contributed by atoms with Crippen LogP contribution in [-0.2, 0) is 10.0 Å². The smallest absolute Gasteiger partial charge is 0.250 e. The third-order valence-electron chi connectivity index (χ3n) is 4.08. The van der Waals surface area contributed by atoms with E-state index < -0.39 is 10.0 Å². The van der Waals surface area contributed by atoms with Crippen molar-refractivity contribution in [1.82, 2.24) is 14.9 Å². The van der Waals surface area contributed by atoms with E-state index >= 15 is 0 Å². The third-order valence-corrected chi connectivity index (χ3v) is 7.03. The zero-order chi connectivity index (χ0) is 17.6. The molecule has 1 unspecified atom stereocenters. The van der Waals surface area contributed by atoms with Crippen LogP contribution in [0, 0.1) is 6.92 Å². The zero-order valence-electron chi connectivity index (χ0n) is 14.7. The lowest BCUT2D eigenvalue weighted by Gasteiger charge is -2.20. The van der Waals surface area contributed by atoms with Gasteiger partial charge in [0.05, 0.1) is 6.54 Å². The SMILES string of the molecule is CCN1CCCC1CN=C(N)NCCNS(=O)(=O)c1ccc(C)s1.I. The lowest BCUT2D eigenvalue weighted by atomic mass is 10.2. The molecule has 4 N–H and O–H groups in total. The average molecular weight is 501 g/mol. The Bertz CT molecular complexity index is 663. The topological polar surface area (TPSA) is 99.8 Å². The average Bonchev–Trinajstić information content (AvgIpc) is 3.18. The number of rotatable bonds is 8. The summed E-state index contributed by atoms with van der Waals surface area (Å²) in [4.78, 5) is 7.75. The molecule has 1 aromatic rings. The molecule has 1 saturated heterocycles. The molecule has 2 heterocycles. The summed E-state index contributed by atoms with van der Waals surface area (Å²) in [6, 6.07) is 3.88. The summed E-state index contributed by atoms with van der Waals surface area (Å²) in [5, 5.41) is 2.95. The van der Waals surface area contributed by atoms with Crippen molar-refractivity contribution in [3.63, 3.8) is 0 Å². The predicted molar refractivity (Wildman–Crippen MR) is 114 cm³/mol. The largest absolute Gasteiger partial charge is 0.370 e. The molecule has 7 nitrogen and oxygen atoms in total. The van der Waals surface area contributed by atoms with Gasteiger partial charge in [0, 0.05) is 24.0 Å². The normalized spacial score (nSPS) is 19.0. The van der Waals surface area contributed by atoms with Crippen LogP contribution in [0.5, 0.6) is 0 Å². The summed E-state index contributed by atoms with van der Waals surface area (Å²) in [6.45, 7) is 7.57. The summed E-state index contributed by atoms with van der Waals surface area (Å²) in [7, 11) is -3.43. The molecular formula is C15H28IN5O2S2. The van der Waals surface area contributed by atoms with Gasteiger partial charge in [-0.05, 0) is 45.0 Å². The van der Waals surface area contributed by atoms with E-state index in [0.29, 0.717) is 29.3 Å². The maximum Gasteiger partial charge on any atom is 0.250 e. The Morgan fingerprint density at radius 1 is 1.44 bits per heavy atom. The second-order valence-corrected chi connectivity index (χ2v) is 9.12. The van der Waals surface area contributed by atoms with Crippen molar-refractivity contribution < 1.29 is 8.42 Å². The Morgan fingerprint density at radius 2 is 2.20 bits per heavy atom. The summed E-state index contributed by atoms with van der Waals surface area (Å²) in [6.07, 6.45) is 2.37. The second-order valence-electron chi connectivity index (χ2n) is 5.84. The van der Waals surface area contributed by atoms with Crippen LogP contribution in [-0.4, -0.2) is 58.0 Å². The number of hydrogen-bond acceptors (Lipinski definition) is 5. The first-order valence-corrected chi connectivity index (χ1v) is 10.6. The molecule has 0 aliphatic carbocycles. The molecule has 144 valence electrons. The van der Waals surface area contributed by atoms with Crippen LogP contribution >= 0.6 is 35.3 Å². The highest BCUT2D eigenvalue weighted by Gasteiger charge is 2.22. The van der Waals surface area contributed by atoms with E-state index in [2.05, 4.69) is 26.9 Å². The number of likely N-dealkylation sites (N-methyl/N-ethyl adjacent to an activating group) is 1. The molecule has 0 amide bonds. The summed E-state index contributed by atoms with van der Waals surface area (Å²) >= 11 is 1.26. The lowest BCUT2D eigenvalue weighted by molar-refractivity contribution is 0.273. The van der Waals surface area contributed by atoms with Gasteiger partial charge in [-0.25, -0.2) is 13.1 Å². The highest BCUT2D eigenvalue weighted by Crippen LogP contribution is 2.20. The molecule has 0 bridgehead atoms. The van der Waals surface area contributed by atoms with Crippen molar-refractivity contribution >= 4 is 51.3 Å². The summed E-state index contributed by atoms with van der Waals surface area (Å²) < 4.78 is 27.0. The summed E-state index contributed by atoms with van der Waals surface area (Å²) in [5.74, 6) is 0.365. The van der Waals surface area contributed by atoms with Gasteiger partial charge in [0.1, 0.15) is 4.21 Å². The van der Waals surface area contributed by atoms with E-state index in [-0.39, 0.29) is 30.5 Å². The maximum absolute atomic E-state index is 12.1. The van der Waals surface area contributed by atoms with E-state index in [1.54, 1.807) is 12.1 Å². The Hall–Kier alpha value is -0.430. The van der Waals surface area contributed by atoms with Crippen molar-refractivity contribution in [2.24, 2.45) is 10.7 Å². The quantitative estimate of drug-likeness (QED) is 0.216. The van der Waals surface area contributed by atoms with Crippen LogP contribution in [0.25, 0.3) is 0 Å². The number of aryl methyl sites for hydroxylation is 1. The molecule has 25 heavy (non-hydrogen) atoms. The molecule has 1 aliphatic rings. The molecule has 10 heteroatoms. The van der Waals surface area contributed by atoms with Gasteiger partial charge < -0.3 is 11.1 Å². The fraction of sp³-hybridized carbons (Fsp3) is 0.667. The number of likely N-dealkylation sites (tertiary alicyclic amines) is 1. The molecular weight excluding hydrogens is 473 g/mol. The first-order valence-electron chi connectivity index (χ1n) is 8.26. The molecule has 1 fully saturated rings. The minimum atomic E-state index is -3.43. The molecule has 1 atom stereocenters. The van der Waals surface area contributed by atoms with E-state index in [4.69, 9.17) is 5.73 Å². The summed E-state index contributed by atoms with van der Waals surface area (Å²) in [5.41, 5.74) is 5.85. The van der Waals surface area contributed by atoms with Gasteiger partial charge in [0.25, 0.3) is 0 Å². The third kappa shape index (κ3) is 7.00. The van der Waals surface area contributed by atoms with Crippen molar-refractivity contribution in [2.45, 2.75) is 36.9 Å². The van der Waals surface area contributed by atoms with Gasteiger partial charge in [-0.15, -0.1) is 35.3 Å². The molecule has 0 aromatic carbocycles. The highest BCUT2D eigenvalue weighted by atomic mass is 127. The van der Waals surface area contributed by atoms with E-state index in [0.717, 1.165) is 24.4 Å². The van der Waals surface area contributed by atoms with Gasteiger partial charge in [-0.3, -0.25) is 9.89 Å². The van der Waals surface area contributed by atoms with Crippen molar-refractivity contribution in [2.75, 3.05) is 32.7 Å². The number of aliphatic imine (C=N–C) groups is 1. The molecule has 0 spiro atoms. The lowest BCUT2D eigenvalue weighted by Crippen LogP contribution is -2.39. The minimum Gasteiger partial charge on any atom is -0.370 e. The van der Waals surface area contributed by atoms with Crippen LogP contribution < -0.4 is 15.8 Å². The van der Waals surface area contributed by atoms with Gasteiger partial charge in [-0.1, -0.05) is 6.92 Å². The number of nitrogens with zero attached hydrogens (tertiary/aromatic N) is 2. The zero-order valence-corrected chi connectivity index (χ0v) is 18.7. The number of hydrogen-bond donors (Lipinski definition) is 3. The van der Waals surface area contributed by atoms with Crippen LogP contribution in [0.2, 0.25) is 0 Å². The number of thiophene rings is 1. The molecule has 2 rings (SSSR count). The van der Waals surface area contributed by atoms with Gasteiger partial charge >= 0.3 is 0 Å².